The largest absolute Gasteiger partial charge is 0.495 e. The van der Waals surface area contributed by atoms with Crippen molar-refractivity contribution in [3.63, 3.8) is 0 Å². The molecular weight excluding hydrogens is 308 g/mol. The summed E-state index contributed by atoms with van der Waals surface area (Å²) in [6.45, 7) is 0.505. The third-order valence-electron chi connectivity index (χ3n) is 3.76. The molecule has 2 heterocycles. The molecule has 3 rings (SSSR count). The minimum atomic E-state index is -0.152. The lowest BCUT2D eigenvalue weighted by molar-refractivity contribution is -0.115. The number of amides is 3. The van der Waals surface area contributed by atoms with Gasteiger partial charge in [-0.15, -0.1) is 0 Å². The van der Waals surface area contributed by atoms with Crippen LogP contribution in [0.1, 0.15) is 11.3 Å². The molecule has 24 heavy (non-hydrogen) atoms. The van der Waals surface area contributed by atoms with Gasteiger partial charge < -0.3 is 20.3 Å². The quantitative estimate of drug-likeness (QED) is 0.902. The number of benzene rings is 1. The maximum Gasteiger partial charge on any atom is 0.321 e. The van der Waals surface area contributed by atoms with Crippen LogP contribution in [0.4, 0.5) is 16.2 Å². The second-order valence-corrected chi connectivity index (χ2v) is 5.57. The Balaban J connectivity index is 1.66. The number of nitrogens with zero attached hydrogens (tertiary/aromatic N) is 2. The number of carbonyl (C=O) groups is 2. The zero-order valence-corrected chi connectivity index (χ0v) is 13.5. The van der Waals surface area contributed by atoms with Crippen LogP contribution in [0.2, 0.25) is 0 Å². The number of hydrogen-bond donors (Lipinski definition) is 2. The van der Waals surface area contributed by atoms with Crippen LogP contribution in [-0.4, -0.2) is 36.0 Å². The van der Waals surface area contributed by atoms with Gasteiger partial charge in [0.1, 0.15) is 5.75 Å². The molecule has 2 aromatic rings. The van der Waals surface area contributed by atoms with Crippen molar-refractivity contribution in [3.05, 3.63) is 47.8 Å². The molecule has 7 nitrogen and oxygen atoms in total. The van der Waals surface area contributed by atoms with Crippen molar-refractivity contribution >= 4 is 23.3 Å². The molecule has 0 saturated heterocycles. The molecule has 0 fully saturated rings. The topological polar surface area (TPSA) is 83.6 Å². The number of anilines is 2. The molecule has 0 atom stereocenters. The van der Waals surface area contributed by atoms with Gasteiger partial charge in [0.25, 0.3) is 0 Å². The number of fused-ring (bicyclic) bond motifs is 1. The van der Waals surface area contributed by atoms with Gasteiger partial charge in [0.15, 0.2) is 0 Å². The highest BCUT2D eigenvalue weighted by atomic mass is 16.5. The lowest BCUT2D eigenvalue weighted by Crippen LogP contribution is -2.35. The molecule has 0 unspecified atom stereocenters. The summed E-state index contributed by atoms with van der Waals surface area (Å²) in [7, 11) is 3.29. The van der Waals surface area contributed by atoms with Crippen molar-refractivity contribution in [2.45, 2.75) is 13.0 Å². The summed E-state index contributed by atoms with van der Waals surface area (Å²) in [6, 6.07) is 8.82. The van der Waals surface area contributed by atoms with E-state index in [9.17, 15) is 9.59 Å². The van der Waals surface area contributed by atoms with Crippen molar-refractivity contribution < 1.29 is 14.3 Å². The van der Waals surface area contributed by atoms with Gasteiger partial charge in [-0.25, -0.2) is 4.79 Å². The normalized spacial score (nSPS) is 13.1. The van der Waals surface area contributed by atoms with E-state index in [4.69, 9.17) is 4.74 Å². The molecular formula is C17H18N4O3. The second-order valence-electron chi connectivity index (χ2n) is 5.57. The first-order chi connectivity index (χ1) is 11.5. The second kappa shape index (κ2) is 6.57. The highest BCUT2D eigenvalue weighted by Crippen LogP contribution is 2.25. The summed E-state index contributed by atoms with van der Waals surface area (Å²) in [5, 5.41) is 5.65. The molecule has 1 aliphatic heterocycles. The Morgan fingerprint density at radius 3 is 2.92 bits per heavy atom. The van der Waals surface area contributed by atoms with E-state index in [2.05, 4.69) is 15.6 Å². The lowest BCUT2D eigenvalue weighted by Gasteiger charge is -2.26. The number of methoxy groups -OCH3 is 1. The Labute approximate surface area is 139 Å². The molecule has 0 spiro atoms. The average Bonchev–Trinajstić information content (AvgIpc) is 2.57. The fraction of sp³-hybridized carbons (Fsp3) is 0.235. The first kappa shape index (κ1) is 15.8. The van der Waals surface area contributed by atoms with E-state index in [1.165, 1.54) is 0 Å². The number of ether oxygens (including phenoxy) is 1. The van der Waals surface area contributed by atoms with Gasteiger partial charge >= 0.3 is 6.03 Å². The van der Waals surface area contributed by atoms with E-state index < -0.39 is 0 Å². The highest BCUT2D eigenvalue weighted by molar-refractivity contribution is 5.95. The SMILES string of the molecule is COc1ccc(CC(=O)Nc2ccc3c(c2)CN(C)C(=O)N3)nc1. The molecule has 1 aromatic carbocycles. The average molecular weight is 326 g/mol. The molecule has 1 aromatic heterocycles. The number of urea groups is 1. The Hall–Kier alpha value is -3.09. The zero-order chi connectivity index (χ0) is 17.1. The molecule has 0 aliphatic carbocycles. The fourth-order valence-corrected chi connectivity index (χ4v) is 2.47. The van der Waals surface area contributed by atoms with Gasteiger partial charge in [-0.2, -0.15) is 0 Å². The number of nitrogens with one attached hydrogen (secondary N) is 2. The van der Waals surface area contributed by atoms with Gasteiger partial charge in [0.2, 0.25) is 5.91 Å². The van der Waals surface area contributed by atoms with E-state index in [-0.39, 0.29) is 18.4 Å². The van der Waals surface area contributed by atoms with Crippen LogP contribution in [0.15, 0.2) is 36.5 Å². The van der Waals surface area contributed by atoms with E-state index in [1.54, 1.807) is 49.5 Å². The summed E-state index contributed by atoms with van der Waals surface area (Å²) < 4.78 is 5.04. The number of pyridine rings is 1. The van der Waals surface area contributed by atoms with Crippen LogP contribution in [0.25, 0.3) is 0 Å². The van der Waals surface area contributed by atoms with Crippen LogP contribution in [-0.2, 0) is 17.8 Å². The lowest BCUT2D eigenvalue weighted by atomic mass is 10.1. The number of carbonyl (C=O) groups excluding carboxylic acids is 2. The van der Waals surface area contributed by atoms with Crippen LogP contribution in [0.3, 0.4) is 0 Å². The predicted molar refractivity (Wildman–Crippen MR) is 90.1 cm³/mol. The van der Waals surface area contributed by atoms with Crippen LogP contribution in [0.5, 0.6) is 5.75 Å². The third-order valence-corrected chi connectivity index (χ3v) is 3.76. The van der Waals surface area contributed by atoms with E-state index in [0.29, 0.717) is 23.7 Å². The van der Waals surface area contributed by atoms with Crippen molar-refractivity contribution in [3.8, 4) is 5.75 Å². The van der Waals surface area contributed by atoms with E-state index in [0.717, 1.165) is 11.3 Å². The predicted octanol–water partition coefficient (Wildman–Crippen LogP) is 2.25. The van der Waals surface area contributed by atoms with Crippen molar-refractivity contribution in [2.24, 2.45) is 0 Å². The third kappa shape index (κ3) is 3.45. The zero-order valence-electron chi connectivity index (χ0n) is 13.5. The van der Waals surface area contributed by atoms with Gasteiger partial charge in [-0.1, -0.05) is 0 Å². The Kier molecular flexibility index (Phi) is 4.33. The van der Waals surface area contributed by atoms with Crippen molar-refractivity contribution in [2.75, 3.05) is 24.8 Å². The van der Waals surface area contributed by atoms with Crippen LogP contribution in [0, 0.1) is 0 Å². The van der Waals surface area contributed by atoms with Crippen molar-refractivity contribution in [1.29, 1.82) is 0 Å². The first-order valence-corrected chi connectivity index (χ1v) is 7.49. The molecule has 2 N–H and O–H groups in total. The molecule has 1 aliphatic rings. The smallest absolute Gasteiger partial charge is 0.321 e. The minimum absolute atomic E-state index is 0.134. The molecule has 3 amide bonds. The van der Waals surface area contributed by atoms with E-state index in [1.807, 2.05) is 6.07 Å². The summed E-state index contributed by atoms with van der Waals surface area (Å²) in [6.07, 6.45) is 1.76. The minimum Gasteiger partial charge on any atom is -0.495 e. The summed E-state index contributed by atoms with van der Waals surface area (Å²) in [5.41, 5.74) is 3.08. The first-order valence-electron chi connectivity index (χ1n) is 7.49. The maximum absolute atomic E-state index is 12.2. The molecule has 124 valence electrons. The number of aromatic nitrogens is 1. The summed E-state index contributed by atoms with van der Waals surface area (Å²) >= 11 is 0. The monoisotopic (exact) mass is 326 g/mol. The van der Waals surface area contributed by atoms with Crippen LogP contribution < -0.4 is 15.4 Å². The summed E-state index contributed by atoms with van der Waals surface area (Å²) in [5.74, 6) is 0.501. The fourth-order valence-electron chi connectivity index (χ4n) is 2.47. The van der Waals surface area contributed by atoms with Crippen molar-refractivity contribution in [1.82, 2.24) is 9.88 Å². The Bertz CT molecular complexity index is 774. The molecule has 7 heteroatoms. The van der Waals surface area contributed by atoms with E-state index >= 15 is 0 Å². The maximum atomic E-state index is 12.2. The number of hydrogen-bond acceptors (Lipinski definition) is 4. The Morgan fingerprint density at radius 2 is 2.21 bits per heavy atom. The standard InChI is InChI=1S/C17H18N4O3/c1-21-10-11-7-13(4-6-15(11)20-17(21)23)19-16(22)8-12-3-5-14(24-2)9-18-12/h3-7,9H,8,10H2,1-2H3,(H,19,22)(H,20,23). The molecule has 0 bridgehead atoms. The van der Waals surface area contributed by atoms with Gasteiger partial charge in [-0.05, 0) is 35.9 Å². The van der Waals surface area contributed by atoms with Gasteiger partial charge in [-0.3, -0.25) is 9.78 Å². The number of rotatable bonds is 4. The Morgan fingerprint density at radius 1 is 1.38 bits per heavy atom. The molecule has 0 saturated carbocycles. The molecule has 0 radical (unpaired) electrons. The van der Waals surface area contributed by atoms with Crippen LogP contribution >= 0.6 is 0 Å². The van der Waals surface area contributed by atoms with Gasteiger partial charge in [0.05, 0.1) is 19.7 Å². The highest BCUT2D eigenvalue weighted by Gasteiger charge is 2.19. The van der Waals surface area contributed by atoms with Gasteiger partial charge in [0, 0.05) is 30.7 Å². The summed E-state index contributed by atoms with van der Waals surface area (Å²) in [4.78, 5) is 29.5.